The van der Waals surface area contributed by atoms with Crippen molar-refractivity contribution in [2.24, 2.45) is 23.0 Å². The highest BCUT2D eigenvalue weighted by Crippen LogP contribution is 2.48. The highest BCUT2D eigenvalue weighted by molar-refractivity contribution is 5.04. The quantitative estimate of drug-likeness (QED) is 0.794. The van der Waals surface area contributed by atoms with Crippen LogP contribution in [-0.2, 0) is 4.74 Å². The van der Waals surface area contributed by atoms with Crippen molar-refractivity contribution in [1.29, 1.82) is 0 Å². The summed E-state index contributed by atoms with van der Waals surface area (Å²) < 4.78 is 5.50. The Kier molecular flexibility index (Phi) is 3.81. The molecule has 0 bridgehead atoms. The highest BCUT2D eigenvalue weighted by Gasteiger charge is 2.52. The van der Waals surface area contributed by atoms with Gasteiger partial charge in [-0.3, -0.25) is 0 Å². The molecule has 1 aliphatic heterocycles. The molecule has 17 heavy (non-hydrogen) atoms. The smallest absolute Gasteiger partial charge is 0.0739 e. The fraction of sp³-hybridized carbons (Fsp3) is 1.00. The molecule has 1 saturated heterocycles. The fourth-order valence-electron chi connectivity index (χ4n) is 3.64. The molecule has 2 aliphatic rings. The van der Waals surface area contributed by atoms with Gasteiger partial charge in [0, 0.05) is 18.6 Å². The second kappa shape index (κ2) is 4.87. The van der Waals surface area contributed by atoms with Gasteiger partial charge in [-0.2, -0.15) is 0 Å². The molecule has 2 fully saturated rings. The first kappa shape index (κ1) is 13.3. The molecule has 2 rings (SSSR count). The zero-order valence-electron chi connectivity index (χ0n) is 11.2. The molecule has 0 amide bonds. The topological polar surface area (TPSA) is 55.5 Å². The number of aliphatic hydroxyl groups is 1. The first-order valence-corrected chi connectivity index (χ1v) is 7.03. The van der Waals surface area contributed by atoms with Crippen LogP contribution in [0.15, 0.2) is 0 Å². The van der Waals surface area contributed by atoms with Crippen LogP contribution in [-0.4, -0.2) is 30.5 Å². The van der Waals surface area contributed by atoms with Gasteiger partial charge in [-0.25, -0.2) is 0 Å². The van der Waals surface area contributed by atoms with Crippen molar-refractivity contribution < 1.29 is 9.84 Å². The Morgan fingerprint density at radius 3 is 2.35 bits per heavy atom. The third kappa shape index (κ3) is 2.25. The molecule has 0 aromatic heterocycles. The second-order valence-corrected chi connectivity index (χ2v) is 6.40. The summed E-state index contributed by atoms with van der Waals surface area (Å²) in [6.45, 7) is 6.52. The molecular weight excluding hydrogens is 214 g/mol. The highest BCUT2D eigenvalue weighted by atomic mass is 16.5. The number of ether oxygens (including phenoxy) is 1. The predicted octanol–water partition coefficient (Wildman–Crippen LogP) is 1.93. The van der Waals surface area contributed by atoms with E-state index in [0.717, 1.165) is 50.5 Å². The molecule has 0 radical (unpaired) electrons. The molecule has 1 unspecified atom stereocenters. The van der Waals surface area contributed by atoms with Gasteiger partial charge >= 0.3 is 0 Å². The third-order valence-corrected chi connectivity index (χ3v) is 5.28. The van der Waals surface area contributed by atoms with Gasteiger partial charge in [0.1, 0.15) is 0 Å². The van der Waals surface area contributed by atoms with Gasteiger partial charge in [0.15, 0.2) is 0 Å². The molecule has 0 aromatic carbocycles. The molecule has 100 valence electrons. The first-order chi connectivity index (χ1) is 8.03. The maximum Gasteiger partial charge on any atom is 0.0739 e. The van der Waals surface area contributed by atoms with E-state index in [1.807, 2.05) is 0 Å². The number of hydrogen-bond acceptors (Lipinski definition) is 3. The predicted molar refractivity (Wildman–Crippen MR) is 68.7 cm³/mol. The molecule has 3 nitrogen and oxygen atoms in total. The minimum atomic E-state index is -0.580. The zero-order chi connectivity index (χ0) is 12.5. The van der Waals surface area contributed by atoms with E-state index < -0.39 is 5.60 Å². The van der Waals surface area contributed by atoms with Gasteiger partial charge in [0.05, 0.1) is 12.2 Å². The number of rotatable bonds is 3. The molecule has 0 spiro atoms. The minimum Gasteiger partial charge on any atom is -0.389 e. The Morgan fingerprint density at radius 2 is 1.94 bits per heavy atom. The van der Waals surface area contributed by atoms with E-state index in [0.29, 0.717) is 13.2 Å². The van der Waals surface area contributed by atoms with Crippen LogP contribution in [0.5, 0.6) is 0 Å². The molecule has 1 saturated carbocycles. The number of nitrogens with two attached hydrogens (primary N) is 1. The maximum absolute atomic E-state index is 11.0. The van der Waals surface area contributed by atoms with Crippen molar-refractivity contribution in [2.45, 2.75) is 51.6 Å². The molecular formula is C14H27NO2. The van der Waals surface area contributed by atoms with Crippen LogP contribution < -0.4 is 5.73 Å². The van der Waals surface area contributed by atoms with Crippen molar-refractivity contribution in [1.82, 2.24) is 0 Å². The lowest BCUT2D eigenvalue weighted by molar-refractivity contribution is -0.116. The van der Waals surface area contributed by atoms with Gasteiger partial charge in [-0.15, -0.1) is 0 Å². The van der Waals surface area contributed by atoms with E-state index in [9.17, 15) is 5.11 Å². The van der Waals surface area contributed by atoms with Crippen LogP contribution in [0.4, 0.5) is 0 Å². The van der Waals surface area contributed by atoms with Gasteiger partial charge < -0.3 is 15.6 Å². The Hall–Kier alpha value is -0.120. The molecule has 0 aromatic rings. The van der Waals surface area contributed by atoms with Gasteiger partial charge in [0.2, 0.25) is 0 Å². The van der Waals surface area contributed by atoms with Crippen LogP contribution in [0, 0.1) is 17.3 Å². The van der Waals surface area contributed by atoms with Gasteiger partial charge in [-0.1, -0.05) is 13.8 Å². The summed E-state index contributed by atoms with van der Waals surface area (Å²) in [5.74, 6) is 1.50. The maximum atomic E-state index is 11.0. The van der Waals surface area contributed by atoms with Crippen molar-refractivity contribution in [3.8, 4) is 0 Å². The molecule has 3 heteroatoms. The van der Waals surface area contributed by atoms with E-state index in [2.05, 4.69) is 13.8 Å². The summed E-state index contributed by atoms with van der Waals surface area (Å²) in [5.41, 5.74) is 5.19. The van der Waals surface area contributed by atoms with Gasteiger partial charge in [-0.05, 0) is 43.9 Å². The average molecular weight is 241 g/mol. The van der Waals surface area contributed by atoms with Crippen molar-refractivity contribution in [2.75, 3.05) is 19.8 Å². The summed E-state index contributed by atoms with van der Waals surface area (Å²) in [4.78, 5) is 0. The lowest BCUT2D eigenvalue weighted by Gasteiger charge is -2.48. The average Bonchev–Trinajstić information content (AvgIpc) is 2.79. The minimum absolute atomic E-state index is 0.172. The third-order valence-electron chi connectivity index (χ3n) is 5.28. The van der Waals surface area contributed by atoms with E-state index in [4.69, 9.17) is 10.5 Å². The van der Waals surface area contributed by atoms with Crippen LogP contribution in [0.1, 0.15) is 46.0 Å². The Labute approximate surface area is 105 Å². The fourth-order valence-corrected chi connectivity index (χ4v) is 3.64. The molecule has 1 heterocycles. The van der Waals surface area contributed by atoms with Crippen molar-refractivity contribution in [3.63, 3.8) is 0 Å². The Bertz CT molecular complexity index is 251. The largest absolute Gasteiger partial charge is 0.389 e. The monoisotopic (exact) mass is 241 g/mol. The summed E-state index contributed by atoms with van der Waals surface area (Å²) in [6, 6.07) is 0. The van der Waals surface area contributed by atoms with Crippen LogP contribution >= 0.6 is 0 Å². The van der Waals surface area contributed by atoms with E-state index >= 15 is 0 Å². The first-order valence-electron chi connectivity index (χ1n) is 7.03. The van der Waals surface area contributed by atoms with Crippen LogP contribution in [0.3, 0.4) is 0 Å². The Balaban J connectivity index is 2.05. The van der Waals surface area contributed by atoms with Crippen molar-refractivity contribution in [3.05, 3.63) is 0 Å². The van der Waals surface area contributed by atoms with E-state index in [1.54, 1.807) is 0 Å². The normalized spacial score (nSPS) is 43.2. The Morgan fingerprint density at radius 1 is 1.29 bits per heavy atom. The van der Waals surface area contributed by atoms with Gasteiger partial charge in [0.25, 0.3) is 0 Å². The molecule has 1 aliphatic carbocycles. The van der Waals surface area contributed by atoms with Crippen LogP contribution in [0.2, 0.25) is 0 Å². The van der Waals surface area contributed by atoms with E-state index in [-0.39, 0.29) is 5.41 Å². The summed E-state index contributed by atoms with van der Waals surface area (Å²) in [6.07, 6.45) is 4.99. The molecule has 3 N–H and O–H groups in total. The van der Waals surface area contributed by atoms with E-state index in [1.165, 1.54) is 0 Å². The summed E-state index contributed by atoms with van der Waals surface area (Å²) in [7, 11) is 0. The zero-order valence-corrected chi connectivity index (χ0v) is 11.2. The standard InChI is InChI=1S/C14H27NO2/c1-11(2)12-3-5-14(16,6-4-12)13(9-15)7-8-17-10-13/h11-12,16H,3-10,15H2,1-2H3. The summed E-state index contributed by atoms with van der Waals surface area (Å²) >= 11 is 0. The van der Waals surface area contributed by atoms with Crippen LogP contribution in [0.25, 0.3) is 0 Å². The lowest BCUT2D eigenvalue weighted by atomic mass is 9.62. The van der Waals surface area contributed by atoms with Crippen molar-refractivity contribution >= 4 is 0 Å². The number of hydrogen-bond donors (Lipinski definition) is 2. The second-order valence-electron chi connectivity index (χ2n) is 6.40. The SMILES string of the molecule is CC(C)C1CCC(O)(C2(CN)CCOC2)CC1. The summed E-state index contributed by atoms with van der Waals surface area (Å²) in [5, 5.41) is 11.0. The molecule has 1 atom stereocenters. The lowest BCUT2D eigenvalue weighted by Crippen LogP contribution is -2.55.